The number of benzene rings is 1. The Bertz CT molecular complexity index is 841. The quantitative estimate of drug-likeness (QED) is 0.423. The molecule has 1 fully saturated rings. The Balaban J connectivity index is 2.44. The zero-order valence-corrected chi connectivity index (χ0v) is 19.2. The van der Waals surface area contributed by atoms with E-state index in [9.17, 15) is 4.79 Å². The van der Waals surface area contributed by atoms with Gasteiger partial charge in [0.25, 0.3) is 5.91 Å². The molecular weight excluding hydrogens is 440 g/mol. The van der Waals surface area contributed by atoms with Crippen LogP contribution in [-0.2, 0) is 4.79 Å². The molecule has 1 aliphatic rings. The monoisotopic (exact) mass is 464 g/mol. The van der Waals surface area contributed by atoms with Crippen LogP contribution in [0.1, 0.15) is 40.2 Å². The molecule has 0 atom stereocenters. The summed E-state index contributed by atoms with van der Waals surface area (Å²) in [7, 11) is 0. The van der Waals surface area contributed by atoms with E-state index in [4.69, 9.17) is 15.9 Å². The van der Waals surface area contributed by atoms with E-state index in [0.717, 1.165) is 10.7 Å². The van der Waals surface area contributed by atoms with Gasteiger partial charge in [0.15, 0.2) is 16.7 Å². The standard InChI is InChI=1S/C21H25BrN2O3S/c1-7-9-27-19-16(22)10-15(11-17(19)26-8-2)12-18-20(25)24(14(5)6)21(28-18)23-13(3)4/h1,10-14H,8-9H2,2-6H3/b18-12+,23-21?. The van der Waals surface area contributed by atoms with Gasteiger partial charge in [-0.1, -0.05) is 5.92 Å². The third-order valence-corrected chi connectivity index (χ3v) is 5.24. The van der Waals surface area contributed by atoms with Gasteiger partial charge in [-0.15, -0.1) is 6.42 Å². The topological polar surface area (TPSA) is 51.1 Å². The lowest BCUT2D eigenvalue weighted by Crippen LogP contribution is -2.35. The van der Waals surface area contributed by atoms with E-state index in [0.29, 0.717) is 27.5 Å². The highest BCUT2D eigenvalue weighted by Gasteiger charge is 2.35. The molecule has 1 aromatic carbocycles. The Morgan fingerprint density at radius 3 is 2.61 bits per heavy atom. The van der Waals surface area contributed by atoms with E-state index in [-0.39, 0.29) is 24.6 Å². The summed E-state index contributed by atoms with van der Waals surface area (Å²) in [6.07, 6.45) is 7.14. The van der Waals surface area contributed by atoms with E-state index in [2.05, 4.69) is 26.8 Å². The van der Waals surface area contributed by atoms with Crippen molar-refractivity contribution in [2.45, 2.75) is 46.7 Å². The average Bonchev–Trinajstić information content (AvgIpc) is 2.89. The van der Waals surface area contributed by atoms with Crippen molar-refractivity contribution in [3.63, 3.8) is 0 Å². The molecule has 1 aromatic rings. The third kappa shape index (κ3) is 5.33. The number of carbonyl (C=O) groups excluding carboxylic acids is 1. The largest absolute Gasteiger partial charge is 0.490 e. The lowest BCUT2D eigenvalue weighted by atomic mass is 10.1. The minimum absolute atomic E-state index is 0.0358. The second kappa shape index (κ2) is 10.0. The van der Waals surface area contributed by atoms with Gasteiger partial charge in [0.1, 0.15) is 6.61 Å². The van der Waals surface area contributed by atoms with E-state index >= 15 is 0 Å². The van der Waals surface area contributed by atoms with Gasteiger partial charge in [-0.2, -0.15) is 0 Å². The molecule has 1 aliphatic heterocycles. The van der Waals surface area contributed by atoms with Crippen LogP contribution in [0.25, 0.3) is 6.08 Å². The Kier molecular flexibility index (Phi) is 8.02. The molecule has 7 heteroatoms. The highest BCUT2D eigenvalue weighted by molar-refractivity contribution is 9.10. The molecule has 1 amide bonds. The summed E-state index contributed by atoms with van der Waals surface area (Å²) in [6.45, 7) is 10.5. The van der Waals surface area contributed by atoms with Crippen LogP contribution in [0.15, 0.2) is 26.5 Å². The van der Waals surface area contributed by atoms with E-state index in [1.807, 2.05) is 52.8 Å². The normalized spacial score (nSPS) is 17.1. The first kappa shape index (κ1) is 22.4. The smallest absolute Gasteiger partial charge is 0.266 e. The fourth-order valence-electron chi connectivity index (χ4n) is 2.59. The average molecular weight is 465 g/mol. The number of carbonyl (C=O) groups is 1. The van der Waals surface area contributed by atoms with Crippen LogP contribution in [0.4, 0.5) is 0 Å². The SMILES string of the molecule is C#CCOc1c(Br)cc(/C=C2/SC(=NC(C)C)N(C(C)C)C2=O)cc1OCC. The molecule has 0 radical (unpaired) electrons. The zero-order valence-electron chi connectivity index (χ0n) is 16.8. The Hall–Kier alpha value is -1.91. The van der Waals surface area contributed by atoms with Crippen LogP contribution in [-0.4, -0.2) is 41.3 Å². The van der Waals surface area contributed by atoms with Crippen LogP contribution >= 0.6 is 27.7 Å². The number of thioether (sulfide) groups is 1. The summed E-state index contributed by atoms with van der Waals surface area (Å²) in [5.74, 6) is 3.54. The van der Waals surface area contributed by atoms with Crippen molar-refractivity contribution in [2.24, 2.45) is 4.99 Å². The molecule has 1 heterocycles. The number of rotatable bonds is 7. The van der Waals surface area contributed by atoms with Crippen LogP contribution in [0.2, 0.25) is 0 Å². The fraction of sp³-hybridized carbons (Fsp3) is 0.429. The Morgan fingerprint density at radius 2 is 2.04 bits per heavy atom. The number of ether oxygens (including phenoxy) is 2. The summed E-state index contributed by atoms with van der Waals surface area (Å²) >= 11 is 4.91. The number of nitrogens with zero attached hydrogens (tertiary/aromatic N) is 2. The number of hydrogen-bond donors (Lipinski definition) is 0. The molecule has 0 aromatic heterocycles. The maximum atomic E-state index is 12.9. The van der Waals surface area contributed by atoms with Gasteiger partial charge in [0.05, 0.1) is 16.0 Å². The van der Waals surface area contributed by atoms with E-state index in [1.165, 1.54) is 11.8 Å². The lowest BCUT2D eigenvalue weighted by molar-refractivity contribution is -0.123. The maximum Gasteiger partial charge on any atom is 0.266 e. The molecule has 150 valence electrons. The second-order valence-corrected chi connectivity index (χ2v) is 8.50. The Labute approximate surface area is 179 Å². The first-order valence-corrected chi connectivity index (χ1v) is 10.7. The van der Waals surface area contributed by atoms with Crippen molar-refractivity contribution in [1.29, 1.82) is 0 Å². The molecule has 0 unspecified atom stereocenters. The van der Waals surface area contributed by atoms with Gasteiger partial charge in [0.2, 0.25) is 0 Å². The fourth-order valence-corrected chi connectivity index (χ4v) is 4.40. The molecule has 28 heavy (non-hydrogen) atoms. The van der Waals surface area contributed by atoms with Crippen LogP contribution in [0.5, 0.6) is 11.5 Å². The predicted molar refractivity (Wildman–Crippen MR) is 120 cm³/mol. The van der Waals surface area contributed by atoms with Crippen molar-refractivity contribution < 1.29 is 14.3 Å². The van der Waals surface area contributed by atoms with Gasteiger partial charge in [-0.3, -0.25) is 14.7 Å². The van der Waals surface area contributed by atoms with E-state index in [1.54, 1.807) is 4.90 Å². The van der Waals surface area contributed by atoms with Gasteiger partial charge in [-0.05, 0) is 86.1 Å². The minimum atomic E-state index is -0.0406. The molecule has 5 nitrogen and oxygen atoms in total. The minimum Gasteiger partial charge on any atom is -0.490 e. The first-order valence-electron chi connectivity index (χ1n) is 9.11. The zero-order chi connectivity index (χ0) is 20.8. The molecular formula is C21H25BrN2O3S. The first-order chi connectivity index (χ1) is 13.3. The molecule has 0 aliphatic carbocycles. The second-order valence-electron chi connectivity index (χ2n) is 6.64. The highest BCUT2D eigenvalue weighted by atomic mass is 79.9. The number of aliphatic imine (C=N–C) groups is 1. The summed E-state index contributed by atoms with van der Waals surface area (Å²) in [4.78, 5) is 19.9. The lowest BCUT2D eigenvalue weighted by Gasteiger charge is -2.20. The summed E-state index contributed by atoms with van der Waals surface area (Å²) in [5.41, 5.74) is 0.828. The molecule has 1 saturated heterocycles. The molecule has 2 rings (SSSR count). The van der Waals surface area contributed by atoms with Crippen molar-refractivity contribution in [1.82, 2.24) is 4.90 Å². The Morgan fingerprint density at radius 1 is 1.32 bits per heavy atom. The van der Waals surface area contributed by atoms with Gasteiger partial charge < -0.3 is 9.47 Å². The summed E-state index contributed by atoms with van der Waals surface area (Å²) in [6, 6.07) is 3.88. The summed E-state index contributed by atoms with van der Waals surface area (Å²) < 4.78 is 12.0. The van der Waals surface area contributed by atoms with Crippen molar-refractivity contribution in [2.75, 3.05) is 13.2 Å². The van der Waals surface area contributed by atoms with Gasteiger partial charge in [-0.25, -0.2) is 0 Å². The van der Waals surface area contributed by atoms with Crippen LogP contribution in [0.3, 0.4) is 0 Å². The number of halogens is 1. The molecule has 0 spiro atoms. The molecule has 0 saturated carbocycles. The maximum absolute atomic E-state index is 12.9. The summed E-state index contributed by atoms with van der Waals surface area (Å²) in [5, 5.41) is 0.735. The van der Waals surface area contributed by atoms with Crippen LogP contribution < -0.4 is 9.47 Å². The predicted octanol–water partition coefficient (Wildman–Crippen LogP) is 4.95. The van der Waals surface area contributed by atoms with Crippen LogP contribution in [0, 0.1) is 12.3 Å². The molecule has 0 N–H and O–H groups in total. The van der Waals surface area contributed by atoms with Gasteiger partial charge >= 0.3 is 0 Å². The van der Waals surface area contributed by atoms with E-state index < -0.39 is 0 Å². The molecule has 0 bridgehead atoms. The number of amidine groups is 1. The number of hydrogen-bond acceptors (Lipinski definition) is 5. The highest BCUT2D eigenvalue weighted by Crippen LogP contribution is 2.39. The number of terminal acetylenes is 1. The van der Waals surface area contributed by atoms with Crippen molar-refractivity contribution in [3.8, 4) is 23.8 Å². The van der Waals surface area contributed by atoms with Gasteiger partial charge in [0, 0.05) is 12.1 Å². The third-order valence-electron chi connectivity index (χ3n) is 3.65. The van der Waals surface area contributed by atoms with Crippen molar-refractivity contribution in [3.05, 3.63) is 27.1 Å². The van der Waals surface area contributed by atoms with Crippen molar-refractivity contribution >= 4 is 44.8 Å². The number of amides is 1.